The molecule has 7 heteroatoms. The van der Waals surface area contributed by atoms with Crippen LogP contribution >= 0.6 is 0 Å². The number of carbonyl (C=O) groups excluding carboxylic acids is 2. The molecule has 0 heterocycles. The lowest BCUT2D eigenvalue weighted by Crippen LogP contribution is -2.11. The summed E-state index contributed by atoms with van der Waals surface area (Å²) in [5.41, 5.74) is 0.873. The summed E-state index contributed by atoms with van der Waals surface area (Å²) in [5.74, 6) is -1.56. The van der Waals surface area contributed by atoms with Crippen molar-refractivity contribution in [2.75, 3.05) is 6.61 Å². The van der Waals surface area contributed by atoms with Crippen LogP contribution in [0.4, 0.5) is 5.69 Å². The average molecular weight is 382 g/mol. The predicted molar refractivity (Wildman–Crippen MR) is 104 cm³/mol. The number of rotatable bonds is 7. The highest BCUT2D eigenvalue weighted by Gasteiger charge is 2.18. The predicted octanol–water partition coefficient (Wildman–Crippen LogP) is 4.83. The third-order valence-electron chi connectivity index (χ3n) is 3.45. The third-order valence-corrected chi connectivity index (χ3v) is 3.45. The van der Waals surface area contributed by atoms with Crippen molar-refractivity contribution >= 4 is 23.4 Å². The first-order valence-corrected chi connectivity index (χ1v) is 8.81. The molecule has 0 bridgehead atoms. The fourth-order valence-corrected chi connectivity index (χ4v) is 2.17. The van der Waals surface area contributed by atoms with Crippen molar-refractivity contribution in [1.82, 2.24) is 0 Å². The number of ether oxygens (including phenoxy) is 2. The first-order chi connectivity index (χ1) is 13.4. The lowest BCUT2D eigenvalue weighted by atomic mass is 10.1. The van der Waals surface area contributed by atoms with Crippen LogP contribution in [0, 0.1) is 0 Å². The second kappa shape index (κ2) is 10.0. The molecule has 2 aromatic rings. The van der Waals surface area contributed by atoms with E-state index in [0.29, 0.717) is 16.8 Å². The van der Waals surface area contributed by atoms with Gasteiger partial charge in [-0.1, -0.05) is 30.3 Å². The van der Waals surface area contributed by atoms with Crippen molar-refractivity contribution in [3.05, 3.63) is 71.4 Å². The third kappa shape index (κ3) is 5.77. The molecular formula is C21H22N2O5. The minimum atomic E-state index is -0.787. The number of benzene rings is 2. The molecule has 0 fully saturated rings. The van der Waals surface area contributed by atoms with Crippen LogP contribution in [0.5, 0.6) is 0 Å². The van der Waals surface area contributed by atoms with Gasteiger partial charge in [0.1, 0.15) is 0 Å². The van der Waals surface area contributed by atoms with Crippen molar-refractivity contribution in [2.24, 2.45) is 10.2 Å². The normalized spacial score (nSPS) is 12.0. The number of azo groups is 1. The van der Waals surface area contributed by atoms with Crippen LogP contribution in [0.25, 0.3) is 5.76 Å². The van der Waals surface area contributed by atoms with Crippen LogP contribution in [-0.2, 0) is 14.3 Å². The summed E-state index contributed by atoms with van der Waals surface area (Å²) in [5, 5.41) is 18.3. The lowest BCUT2D eigenvalue weighted by Gasteiger charge is -2.07. The Bertz CT molecular complexity index is 871. The van der Waals surface area contributed by atoms with Gasteiger partial charge in [0.25, 0.3) is 0 Å². The maximum absolute atomic E-state index is 12.2. The molecule has 2 aromatic carbocycles. The lowest BCUT2D eigenvalue weighted by molar-refractivity contribution is -0.138. The molecule has 0 amide bonds. The molecule has 28 heavy (non-hydrogen) atoms. The minimum absolute atomic E-state index is 0.132. The molecule has 1 N–H and O–H groups in total. The Labute approximate surface area is 163 Å². The fourth-order valence-electron chi connectivity index (χ4n) is 2.17. The quantitative estimate of drug-likeness (QED) is 0.320. The van der Waals surface area contributed by atoms with Crippen LogP contribution in [0.1, 0.15) is 36.7 Å². The number of hydrogen-bond acceptors (Lipinski definition) is 7. The molecule has 0 saturated heterocycles. The van der Waals surface area contributed by atoms with Crippen molar-refractivity contribution in [2.45, 2.75) is 26.9 Å². The van der Waals surface area contributed by atoms with Crippen molar-refractivity contribution in [3.8, 4) is 0 Å². The van der Waals surface area contributed by atoms with Crippen LogP contribution in [0.3, 0.4) is 0 Å². The van der Waals surface area contributed by atoms with Gasteiger partial charge in [-0.3, -0.25) is 0 Å². The zero-order chi connectivity index (χ0) is 20.5. The van der Waals surface area contributed by atoms with Gasteiger partial charge in [0.15, 0.2) is 5.76 Å². The van der Waals surface area contributed by atoms with E-state index in [0.717, 1.165) is 0 Å². The smallest absolute Gasteiger partial charge is 0.362 e. The van der Waals surface area contributed by atoms with Gasteiger partial charge in [0, 0.05) is 5.56 Å². The van der Waals surface area contributed by atoms with Crippen molar-refractivity contribution < 1.29 is 24.2 Å². The van der Waals surface area contributed by atoms with E-state index in [1.54, 1.807) is 75.4 Å². The standard InChI is InChI=1S/C21H22N2O5/c1-4-27-21(26)18(19(24)15-8-6-5-7-9-15)23-22-17-12-10-16(11-13-17)20(25)28-14(2)3/h5-14,24H,4H2,1-3H3/b19-18-,23-22?. The molecule has 0 aromatic heterocycles. The van der Waals surface area contributed by atoms with Gasteiger partial charge in [-0.25, -0.2) is 9.59 Å². The Kier molecular flexibility index (Phi) is 7.45. The number of aliphatic hydroxyl groups excluding tert-OH is 1. The van der Waals surface area contributed by atoms with E-state index in [9.17, 15) is 14.7 Å². The van der Waals surface area contributed by atoms with Gasteiger partial charge in [-0.05, 0) is 45.0 Å². The van der Waals surface area contributed by atoms with Crippen LogP contribution in [-0.4, -0.2) is 29.8 Å². The van der Waals surface area contributed by atoms with Gasteiger partial charge in [0.05, 0.1) is 24.0 Å². The van der Waals surface area contributed by atoms with Gasteiger partial charge < -0.3 is 14.6 Å². The first-order valence-electron chi connectivity index (χ1n) is 8.81. The monoisotopic (exact) mass is 382 g/mol. The van der Waals surface area contributed by atoms with E-state index in [2.05, 4.69) is 10.2 Å². The maximum Gasteiger partial charge on any atom is 0.362 e. The largest absolute Gasteiger partial charge is 0.505 e. The average Bonchev–Trinajstić information content (AvgIpc) is 2.69. The molecule has 0 atom stereocenters. The maximum atomic E-state index is 12.2. The van der Waals surface area contributed by atoms with Gasteiger partial charge in [-0.2, -0.15) is 5.11 Å². The summed E-state index contributed by atoms with van der Waals surface area (Å²) in [6.07, 6.45) is -0.218. The topological polar surface area (TPSA) is 97.6 Å². The molecule has 0 aliphatic heterocycles. The second-order valence-electron chi connectivity index (χ2n) is 5.98. The molecule has 0 spiro atoms. The summed E-state index contributed by atoms with van der Waals surface area (Å²) < 4.78 is 10.1. The van der Waals surface area contributed by atoms with Crippen molar-refractivity contribution in [1.29, 1.82) is 0 Å². The zero-order valence-corrected chi connectivity index (χ0v) is 16.0. The second-order valence-corrected chi connectivity index (χ2v) is 5.98. The molecule has 0 unspecified atom stereocenters. The fraction of sp³-hybridized carbons (Fsp3) is 0.238. The van der Waals surface area contributed by atoms with E-state index in [1.807, 2.05) is 0 Å². The molecule has 0 radical (unpaired) electrons. The molecule has 0 saturated carbocycles. The van der Waals surface area contributed by atoms with Crippen LogP contribution in [0.15, 0.2) is 70.5 Å². The Balaban J connectivity index is 2.28. The minimum Gasteiger partial charge on any atom is -0.505 e. The molecular weight excluding hydrogens is 360 g/mol. The number of aliphatic hydroxyl groups is 1. The SMILES string of the molecule is CCOC(=O)/C(N=Nc1ccc(C(=O)OC(C)C)cc1)=C(/O)c1ccccc1. The number of esters is 2. The summed E-state index contributed by atoms with van der Waals surface area (Å²) >= 11 is 0. The number of hydrogen-bond donors (Lipinski definition) is 1. The Hall–Kier alpha value is -3.48. The molecule has 146 valence electrons. The van der Waals surface area contributed by atoms with Gasteiger partial charge in [0.2, 0.25) is 5.70 Å². The van der Waals surface area contributed by atoms with Crippen LogP contribution < -0.4 is 0 Å². The highest BCUT2D eigenvalue weighted by Crippen LogP contribution is 2.21. The highest BCUT2D eigenvalue weighted by molar-refractivity contribution is 5.95. The molecule has 0 aliphatic carbocycles. The molecule has 7 nitrogen and oxygen atoms in total. The summed E-state index contributed by atoms with van der Waals surface area (Å²) in [6.45, 7) is 5.32. The Morgan fingerprint density at radius 1 is 1.00 bits per heavy atom. The van der Waals surface area contributed by atoms with E-state index < -0.39 is 11.9 Å². The Morgan fingerprint density at radius 3 is 2.21 bits per heavy atom. The number of carbonyl (C=O) groups is 2. The van der Waals surface area contributed by atoms with Crippen molar-refractivity contribution in [3.63, 3.8) is 0 Å². The van der Waals surface area contributed by atoms with E-state index >= 15 is 0 Å². The van der Waals surface area contributed by atoms with E-state index in [4.69, 9.17) is 9.47 Å². The summed E-state index contributed by atoms with van der Waals surface area (Å²) in [6, 6.07) is 14.7. The summed E-state index contributed by atoms with van der Waals surface area (Å²) in [4.78, 5) is 24.0. The first kappa shape index (κ1) is 20.8. The van der Waals surface area contributed by atoms with Gasteiger partial charge >= 0.3 is 11.9 Å². The van der Waals surface area contributed by atoms with E-state index in [1.165, 1.54) is 0 Å². The zero-order valence-electron chi connectivity index (χ0n) is 16.0. The van der Waals surface area contributed by atoms with E-state index in [-0.39, 0.29) is 24.2 Å². The molecule has 2 rings (SSSR count). The summed E-state index contributed by atoms with van der Waals surface area (Å²) in [7, 11) is 0. The van der Waals surface area contributed by atoms with Crippen LogP contribution in [0.2, 0.25) is 0 Å². The highest BCUT2D eigenvalue weighted by atomic mass is 16.5. The number of nitrogens with zero attached hydrogens (tertiary/aromatic N) is 2. The molecule has 0 aliphatic rings. The Morgan fingerprint density at radius 2 is 1.64 bits per heavy atom. The van der Waals surface area contributed by atoms with Gasteiger partial charge in [-0.15, -0.1) is 5.11 Å².